The minimum absolute atomic E-state index is 0.0574. The van der Waals surface area contributed by atoms with E-state index in [-0.39, 0.29) is 22.4 Å². The Morgan fingerprint density at radius 2 is 1.94 bits per heavy atom. The van der Waals surface area contributed by atoms with Crippen molar-refractivity contribution in [3.05, 3.63) is 34.4 Å². The fraction of sp³-hybridized carbons (Fsp3) is 0.231. The van der Waals surface area contributed by atoms with E-state index in [1.54, 1.807) is 19.1 Å². The summed E-state index contributed by atoms with van der Waals surface area (Å²) in [4.78, 5) is 0. The molecule has 0 fully saturated rings. The molecule has 0 amide bonds. The highest BCUT2D eigenvalue weighted by Crippen LogP contribution is 2.27. The third-order valence-corrected chi connectivity index (χ3v) is 2.27. The Kier molecular flexibility index (Phi) is 4.39. The van der Waals surface area contributed by atoms with E-state index >= 15 is 0 Å². The van der Waals surface area contributed by atoms with Gasteiger partial charge in [-0.2, -0.15) is 10.5 Å². The Hall–Kier alpha value is -2.40. The lowest BCUT2D eigenvalue weighted by atomic mass is 10.1. The van der Waals surface area contributed by atoms with Gasteiger partial charge in [0.05, 0.1) is 6.61 Å². The number of halogens is 2. The molecule has 0 spiro atoms. The van der Waals surface area contributed by atoms with E-state index < -0.39 is 11.6 Å². The van der Waals surface area contributed by atoms with E-state index in [1.165, 1.54) is 13.0 Å². The lowest BCUT2D eigenvalue weighted by molar-refractivity contribution is 0.333. The van der Waals surface area contributed by atoms with E-state index in [1.807, 2.05) is 0 Å². The highest BCUT2D eigenvalue weighted by atomic mass is 19.2. The van der Waals surface area contributed by atoms with E-state index in [4.69, 9.17) is 15.3 Å². The lowest BCUT2D eigenvalue weighted by Gasteiger charge is -2.10. The topological polar surface area (TPSA) is 56.8 Å². The van der Waals surface area contributed by atoms with Crippen LogP contribution in [0.25, 0.3) is 6.08 Å². The van der Waals surface area contributed by atoms with Gasteiger partial charge in [-0.25, -0.2) is 8.78 Å². The maximum absolute atomic E-state index is 13.6. The summed E-state index contributed by atoms with van der Waals surface area (Å²) >= 11 is 0. The summed E-state index contributed by atoms with van der Waals surface area (Å²) in [6, 6.07) is 4.44. The van der Waals surface area contributed by atoms with Crippen molar-refractivity contribution in [2.75, 3.05) is 6.61 Å². The highest BCUT2D eigenvalue weighted by molar-refractivity contribution is 5.64. The molecule has 0 N–H and O–H groups in total. The predicted octanol–water partition coefficient (Wildman–Crippen LogP) is 3.10. The van der Waals surface area contributed by atoms with Gasteiger partial charge in [0.25, 0.3) is 0 Å². The number of nitrogens with zero attached hydrogens (tertiary/aromatic N) is 2. The fourth-order valence-corrected chi connectivity index (χ4v) is 1.37. The molecule has 0 aliphatic carbocycles. The Morgan fingerprint density at radius 1 is 1.33 bits per heavy atom. The van der Waals surface area contributed by atoms with Crippen LogP contribution in [-0.4, -0.2) is 6.61 Å². The number of nitriles is 2. The second-order valence-electron chi connectivity index (χ2n) is 3.43. The molecule has 5 heteroatoms. The first-order chi connectivity index (χ1) is 8.54. The van der Waals surface area contributed by atoms with Gasteiger partial charge < -0.3 is 4.74 Å². The zero-order valence-corrected chi connectivity index (χ0v) is 9.92. The summed E-state index contributed by atoms with van der Waals surface area (Å²) in [6.45, 7) is 3.41. The number of rotatable bonds is 3. The first kappa shape index (κ1) is 13.7. The van der Waals surface area contributed by atoms with Crippen LogP contribution >= 0.6 is 0 Å². The molecule has 3 nitrogen and oxygen atoms in total. The molecule has 0 saturated heterocycles. The third-order valence-electron chi connectivity index (χ3n) is 2.27. The second kappa shape index (κ2) is 5.79. The lowest BCUT2D eigenvalue weighted by Crippen LogP contribution is -2.00. The largest absolute Gasteiger partial charge is 0.493 e. The molecule has 0 heterocycles. The minimum atomic E-state index is -1.10. The van der Waals surface area contributed by atoms with Gasteiger partial charge in [-0.3, -0.25) is 0 Å². The van der Waals surface area contributed by atoms with Crippen molar-refractivity contribution in [3.63, 3.8) is 0 Å². The van der Waals surface area contributed by atoms with Crippen LogP contribution in [-0.2, 0) is 0 Å². The molecule has 0 atom stereocenters. The third kappa shape index (κ3) is 2.64. The van der Waals surface area contributed by atoms with Gasteiger partial charge in [0.1, 0.15) is 23.5 Å². The summed E-state index contributed by atoms with van der Waals surface area (Å²) in [5.41, 5.74) is -0.429. The predicted molar refractivity (Wildman–Crippen MR) is 61.5 cm³/mol. The van der Waals surface area contributed by atoms with Crippen LogP contribution in [0.5, 0.6) is 5.75 Å². The van der Waals surface area contributed by atoms with E-state index in [9.17, 15) is 8.78 Å². The monoisotopic (exact) mass is 248 g/mol. The minimum Gasteiger partial charge on any atom is -0.493 e. The molecule has 18 heavy (non-hydrogen) atoms. The summed E-state index contributed by atoms with van der Waals surface area (Å²) < 4.78 is 32.4. The van der Waals surface area contributed by atoms with Crippen LogP contribution in [0.3, 0.4) is 0 Å². The SMILES string of the molecule is CCOc1cc(C=C(C#N)C#N)c(F)c(F)c1C. The normalized spacial score (nSPS) is 9.22. The second-order valence-corrected chi connectivity index (χ2v) is 3.43. The van der Waals surface area contributed by atoms with Crippen LogP contribution in [0, 0.1) is 41.2 Å². The number of allylic oxidation sites excluding steroid dienone is 1. The molecule has 0 aliphatic heterocycles. The number of hydrogen-bond donors (Lipinski definition) is 0. The van der Waals surface area contributed by atoms with Gasteiger partial charge >= 0.3 is 0 Å². The Balaban J connectivity index is 3.43. The molecule has 0 bridgehead atoms. The van der Waals surface area contributed by atoms with Crippen LogP contribution in [0.2, 0.25) is 0 Å². The first-order valence-corrected chi connectivity index (χ1v) is 5.18. The molecule has 1 aromatic rings. The fourth-order valence-electron chi connectivity index (χ4n) is 1.37. The summed E-state index contributed by atoms with van der Waals surface area (Å²) in [5.74, 6) is -1.95. The summed E-state index contributed by atoms with van der Waals surface area (Å²) in [6.07, 6.45) is 0.986. The van der Waals surface area contributed by atoms with Gasteiger partial charge in [-0.15, -0.1) is 0 Å². The van der Waals surface area contributed by atoms with Crippen LogP contribution < -0.4 is 4.74 Å². The molecule has 0 unspecified atom stereocenters. The van der Waals surface area contributed by atoms with Crippen molar-refractivity contribution < 1.29 is 13.5 Å². The molecule has 92 valence electrons. The molecule has 0 radical (unpaired) electrons. The number of ether oxygens (including phenoxy) is 1. The van der Waals surface area contributed by atoms with Crippen molar-refractivity contribution in [3.8, 4) is 17.9 Å². The molecule has 1 rings (SSSR count). The molecule has 1 aromatic carbocycles. The standard InChI is InChI=1S/C13H10F2N2O/c1-3-18-11-5-10(4-9(6-16)7-17)13(15)12(14)8(11)2/h4-5H,3H2,1-2H3. The van der Waals surface area contributed by atoms with Crippen LogP contribution in [0.1, 0.15) is 18.1 Å². The summed E-state index contributed by atoms with van der Waals surface area (Å²) in [7, 11) is 0. The van der Waals surface area contributed by atoms with Gasteiger partial charge in [-0.05, 0) is 26.0 Å². The molecule has 0 saturated carbocycles. The average Bonchev–Trinajstić information content (AvgIpc) is 2.38. The van der Waals surface area contributed by atoms with E-state index in [2.05, 4.69) is 0 Å². The average molecular weight is 248 g/mol. The van der Waals surface area contributed by atoms with E-state index in [0.717, 1.165) is 6.08 Å². The van der Waals surface area contributed by atoms with Crippen LogP contribution in [0.15, 0.2) is 11.6 Å². The van der Waals surface area contributed by atoms with Crippen molar-refractivity contribution >= 4 is 6.08 Å². The van der Waals surface area contributed by atoms with Crippen LogP contribution in [0.4, 0.5) is 8.78 Å². The van der Waals surface area contributed by atoms with Gasteiger partial charge in [0, 0.05) is 11.1 Å². The molecular weight excluding hydrogens is 238 g/mol. The molecular formula is C13H10F2N2O. The summed E-state index contributed by atoms with van der Waals surface area (Å²) in [5, 5.41) is 17.2. The number of hydrogen-bond acceptors (Lipinski definition) is 3. The Bertz CT molecular complexity index is 564. The molecule has 0 aliphatic rings. The first-order valence-electron chi connectivity index (χ1n) is 5.18. The van der Waals surface area contributed by atoms with Crippen molar-refractivity contribution in [1.29, 1.82) is 10.5 Å². The quantitative estimate of drug-likeness (QED) is 0.772. The maximum Gasteiger partial charge on any atom is 0.166 e. The van der Waals surface area contributed by atoms with Crippen molar-refractivity contribution in [1.82, 2.24) is 0 Å². The highest BCUT2D eigenvalue weighted by Gasteiger charge is 2.15. The maximum atomic E-state index is 13.6. The smallest absolute Gasteiger partial charge is 0.166 e. The Morgan fingerprint density at radius 3 is 2.44 bits per heavy atom. The Labute approximate surface area is 104 Å². The van der Waals surface area contributed by atoms with Crippen molar-refractivity contribution in [2.45, 2.75) is 13.8 Å². The molecule has 0 aromatic heterocycles. The zero-order valence-electron chi connectivity index (χ0n) is 9.92. The van der Waals surface area contributed by atoms with Gasteiger partial charge in [0.15, 0.2) is 11.6 Å². The van der Waals surface area contributed by atoms with Crippen molar-refractivity contribution in [2.24, 2.45) is 0 Å². The number of benzene rings is 1. The zero-order chi connectivity index (χ0) is 13.7. The van der Waals surface area contributed by atoms with E-state index in [0.29, 0.717) is 6.61 Å². The van der Waals surface area contributed by atoms with Gasteiger partial charge in [-0.1, -0.05) is 0 Å². The van der Waals surface area contributed by atoms with Gasteiger partial charge in [0.2, 0.25) is 0 Å².